The molecule has 0 bridgehead atoms. The molecule has 1 aliphatic rings. The van der Waals surface area contributed by atoms with Gasteiger partial charge in [0.1, 0.15) is 11.2 Å². The lowest BCUT2D eigenvalue weighted by molar-refractivity contribution is -0.157. The number of carbonyl (C=O) groups excluding carboxylic acids is 1. The molecule has 3 heteroatoms. The zero-order valence-corrected chi connectivity index (χ0v) is 13.0. The van der Waals surface area contributed by atoms with E-state index in [1.807, 2.05) is 0 Å². The van der Waals surface area contributed by atoms with Gasteiger partial charge in [-0.05, 0) is 19.3 Å². The van der Waals surface area contributed by atoms with Crippen molar-refractivity contribution >= 4 is 11.8 Å². The van der Waals surface area contributed by atoms with Crippen LogP contribution in [0.25, 0.3) is 0 Å². The average Bonchev–Trinajstić information content (AvgIpc) is 2.43. The Hall–Kier alpha value is -0.860. The molecule has 1 saturated carbocycles. The van der Waals surface area contributed by atoms with Crippen molar-refractivity contribution in [3.8, 4) is 0 Å². The van der Waals surface area contributed by atoms with E-state index in [0.717, 1.165) is 25.7 Å². The van der Waals surface area contributed by atoms with Crippen LogP contribution < -0.4 is 0 Å². The second-order valence-electron chi connectivity index (χ2n) is 6.24. The summed E-state index contributed by atoms with van der Waals surface area (Å²) in [4.78, 5) is 23.5. The summed E-state index contributed by atoms with van der Waals surface area (Å²) in [6, 6.07) is 0. The first-order chi connectivity index (χ1) is 9.63. The SMILES string of the molecule is CCCCCCCCCCC1(C(=O)O)CCCCC1=O. The fraction of sp³-hybridized carbons (Fsp3) is 0.882. The third-order valence-corrected chi connectivity index (χ3v) is 4.66. The maximum atomic E-state index is 12.0. The van der Waals surface area contributed by atoms with E-state index in [0.29, 0.717) is 19.3 Å². The van der Waals surface area contributed by atoms with E-state index in [1.165, 1.54) is 38.5 Å². The van der Waals surface area contributed by atoms with Crippen molar-refractivity contribution in [2.45, 2.75) is 90.4 Å². The van der Waals surface area contributed by atoms with E-state index in [1.54, 1.807) is 0 Å². The second kappa shape index (κ2) is 9.15. The number of aliphatic carboxylic acids is 1. The summed E-state index contributed by atoms with van der Waals surface area (Å²) < 4.78 is 0. The minimum Gasteiger partial charge on any atom is -0.480 e. The van der Waals surface area contributed by atoms with E-state index >= 15 is 0 Å². The van der Waals surface area contributed by atoms with Gasteiger partial charge in [-0.15, -0.1) is 0 Å². The van der Waals surface area contributed by atoms with Crippen molar-refractivity contribution in [1.29, 1.82) is 0 Å². The van der Waals surface area contributed by atoms with Crippen LogP contribution in [-0.2, 0) is 9.59 Å². The van der Waals surface area contributed by atoms with Crippen LogP contribution in [-0.4, -0.2) is 16.9 Å². The predicted molar refractivity (Wildman–Crippen MR) is 80.8 cm³/mol. The molecule has 0 saturated heterocycles. The molecule has 0 spiro atoms. The highest BCUT2D eigenvalue weighted by Crippen LogP contribution is 2.38. The number of unbranched alkanes of at least 4 members (excludes halogenated alkanes) is 7. The molecule has 1 unspecified atom stereocenters. The summed E-state index contributed by atoms with van der Waals surface area (Å²) in [5.41, 5.74) is -1.04. The lowest BCUT2D eigenvalue weighted by atomic mass is 9.70. The van der Waals surface area contributed by atoms with Crippen molar-refractivity contribution in [2.24, 2.45) is 5.41 Å². The number of carboxylic acid groups (broad SMARTS) is 1. The van der Waals surface area contributed by atoms with Crippen LogP contribution in [0.4, 0.5) is 0 Å². The van der Waals surface area contributed by atoms with E-state index in [-0.39, 0.29) is 5.78 Å². The predicted octanol–water partition coefficient (Wildman–Crippen LogP) is 4.73. The van der Waals surface area contributed by atoms with Gasteiger partial charge in [-0.2, -0.15) is 0 Å². The maximum Gasteiger partial charge on any atom is 0.317 e. The highest BCUT2D eigenvalue weighted by atomic mass is 16.4. The van der Waals surface area contributed by atoms with Gasteiger partial charge in [-0.25, -0.2) is 0 Å². The van der Waals surface area contributed by atoms with Gasteiger partial charge in [0.25, 0.3) is 0 Å². The number of hydrogen-bond acceptors (Lipinski definition) is 2. The van der Waals surface area contributed by atoms with E-state index in [4.69, 9.17) is 0 Å². The number of Topliss-reactive ketones (excluding diaryl/α,β-unsaturated/α-hetero) is 1. The first-order valence-corrected chi connectivity index (χ1v) is 8.40. The third-order valence-electron chi connectivity index (χ3n) is 4.66. The average molecular weight is 282 g/mol. The minimum absolute atomic E-state index is 0.0285. The molecule has 0 radical (unpaired) electrons. The molecule has 0 heterocycles. The van der Waals surface area contributed by atoms with Crippen molar-refractivity contribution < 1.29 is 14.7 Å². The van der Waals surface area contributed by atoms with E-state index < -0.39 is 11.4 Å². The Kier molecular flexibility index (Phi) is 7.86. The number of hydrogen-bond donors (Lipinski definition) is 1. The van der Waals surface area contributed by atoms with Gasteiger partial charge >= 0.3 is 5.97 Å². The highest BCUT2D eigenvalue weighted by Gasteiger charge is 2.45. The second-order valence-corrected chi connectivity index (χ2v) is 6.24. The van der Waals surface area contributed by atoms with Crippen LogP contribution in [0.1, 0.15) is 90.4 Å². The molecule has 1 atom stereocenters. The van der Waals surface area contributed by atoms with Crippen LogP contribution in [0.2, 0.25) is 0 Å². The fourth-order valence-electron chi connectivity index (χ4n) is 3.25. The number of rotatable bonds is 10. The van der Waals surface area contributed by atoms with Gasteiger partial charge in [0.05, 0.1) is 0 Å². The van der Waals surface area contributed by atoms with Crippen LogP contribution in [0.15, 0.2) is 0 Å². The standard InChI is InChI=1S/C17H30O3/c1-2-3-4-5-6-7-8-10-13-17(16(19)20)14-11-9-12-15(17)18/h2-14H2,1H3,(H,19,20). The normalized spacial score (nSPS) is 22.9. The quantitative estimate of drug-likeness (QED) is 0.465. The van der Waals surface area contributed by atoms with Gasteiger partial charge in [-0.3, -0.25) is 9.59 Å². The molecular formula is C17H30O3. The lowest BCUT2D eigenvalue weighted by Gasteiger charge is -2.31. The summed E-state index contributed by atoms with van der Waals surface area (Å²) in [6.07, 6.45) is 12.9. The summed E-state index contributed by atoms with van der Waals surface area (Å²) in [5, 5.41) is 9.44. The summed E-state index contributed by atoms with van der Waals surface area (Å²) >= 11 is 0. The van der Waals surface area contributed by atoms with Crippen molar-refractivity contribution in [1.82, 2.24) is 0 Å². The van der Waals surface area contributed by atoms with Gasteiger partial charge in [0.15, 0.2) is 0 Å². The van der Waals surface area contributed by atoms with Crippen molar-refractivity contribution in [3.05, 3.63) is 0 Å². The van der Waals surface area contributed by atoms with Crippen LogP contribution in [0, 0.1) is 5.41 Å². The minimum atomic E-state index is -1.04. The number of carboxylic acids is 1. The molecule has 1 fully saturated rings. The number of carbonyl (C=O) groups is 2. The third kappa shape index (κ3) is 4.92. The number of ketones is 1. The Morgan fingerprint density at radius 2 is 1.65 bits per heavy atom. The van der Waals surface area contributed by atoms with Crippen molar-refractivity contribution in [2.75, 3.05) is 0 Å². The Morgan fingerprint density at radius 1 is 1.05 bits per heavy atom. The Bertz CT molecular complexity index is 311. The summed E-state index contributed by atoms with van der Waals surface area (Å²) in [7, 11) is 0. The largest absolute Gasteiger partial charge is 0.480 e. The topological polar surface area (TPSA) is 54.4 Å². The molecule has 3 nitrogen and oxygen atoms in total. The first kappa shape index (κ1) is 17.2. The highest BCUT2D eigenvalue weighted by molar-refractivity contribution is 6.03. The van der Waals surface area contributed by atoms with Crippen LogP contribution in [0.3, 0.4) is 0 Å². The molecule has 116 valence electrons. The van der Waals surface area contributed by atoms with Crippen LogP contribution >= 0.6 is 0 Å². The molecule has 1 N–H and O–H groups in total. The molecule has 0 aromatic heterocycles. The Morgan fingerprint density at radius 3 is 2.20 bits per heavy atom. The van der Waals surface area contributed by atoms with E-state index in [2.05, 4.69) is 6.92 Å². The molecular weight excluding hydrogens is 252 g/mol. The molecule has 0 amide bonds. The van der Waals surface area contributed by atoms with Gasteiger partial charge < -0.3 is 5.11 Å². The molecule has 0 aromatic carbocycles. The molecule has 0 aromatic rings. The molecule has 20 heavy (non-hydrogen) atoms. The Labute approximate surface area is 123 Å². The van der Waals surface area contributed by atoms with Gasteiger partial charge in [0.2, 0.25) is 0 Å². The monoisotopic (exact) mass is 282 g/mol. The molecule has 1 rings (SSSR count). The zero-order chi connectivity index (χ0) is 14.8. The molecule has 0 aliphatic heterocycles. The lowest BCUT2D eigenvalue weighted by Crippen LogP contribution is -2.41. The Balaban J connectivity index is 2.23. The zero-order valence-electron chi connectivity index (χ0n) is 13.0. The maximum absolute atomic E-state index is 12.0. The molecule has 1 aliphatic carbocycles. The summed E-state index contributed by atoms with van der Waals surface area (Å²) in [5.74, 6) is -0.913. The van der Waals surface area contributed by atoms with Crippen LogP contribution in [0.5, 0.6) is 0 Å². The van der Waals surface area contributed by atoms with Gasteiger partial charge in [-0.1, -0.05) is 64.7 Å². The smallest absolute Gasteiger partial charge is 0.317 e. The fourth-order valence-corrected chi connectivity index (χ4v) is 3.25. The first-order valence-electron chi connectivity index (χ1n) is 8.40. The summed E-state index contributed by atoms with van der Waals surface area (Å²) in [6.45, 7) is 2.21. The van der Waals surface area contributed by atoms with Gasteiger partial charge in [0, 0.05) is 6.42 Å². The van der Waals surface area contributed by atoms with Crippen molar-refractivity contribution in [3.63, 3.8) is 0 Å². The van der Waals surface area contributed by atoms with E-state index in [9.17, 15) is 14.7 Å².